The minimum atomic E-state index is -0.141. The normalized spacial score (nSPS) is 10.5. The Balaban J connectivity index is 2.42. The molecule has 1 aromatic rings. The van der Waals surface area contributed by atoms with Gasteiger partial charge in [-0.15, -0.1) is 0 Å². The van der Waals surface area contributed by atoms with Crippen molar-refractivity contribution in [3.8, 4) is 0 Å². The van der Waals surface area contributed by atoms with Crippen molar-refractivity contribution in [3.63, 3.8) is 0 Å². The lowest BCUT2D eigenvalue weighted by atomic mass is 10.1. The number of hydrogen-bond acceptors (Lipinski definition) is 1. The second-order valence-electron chi connectivity index (χ2n) is 3.67. The molecular formula is C12H18FN. The monoisotopic (exact) mass is 195 g/mol. The minimum absolute atomic E-state index is 0.141. The van der Waals surface area contributed by atoms with Crippen LogP contribution in [-0.2, 0) is 6.54 Å². The highest BCUT2D eigenvalue weighted by atomic mass is 19.1. The number of nitrogens with one attached hydrogen (secondary N) is 1. The van der Waals surface area contributed by atoms with E-state index >= 15 is 0 Å². The molecule has 0 heterocycles. The molecule has 0 aromatic heterocycles. The fraction of sp³-hybridized carbons (Fsp3) is 0.500. The zero-order chi connectivity index (χ0) is 10.4. The van der Waals surface area contributed by atoms with E-state index in [0.717, 1.165) is 24.2 Å². The van der Waals surface area contributed by atoms with Gasteiger partial charge >= 0.3 is 0 Å². The maximum atomic E-state index is 13.0. The number of rotatable bonds is 5. The molecule has 1 N–H and O–H groups in total. The average molecular weight is 195 g/mol. The number of halogens is 1. The van der Waals surface area contributed by atoms with Gasteiger partial charge in [0.2, 0.25) is 0 Å². The Morgan fingerprint density at radius 2 is 2.07 bits per heavy atom. The third-order valence-electron chi connectivity index (χ3n) is 2.14. The Hall–Kier alpha value is -0.890. The van der Waals surface area contributed by atoms with Gasteiger partial charge in [0.15, 0.2) is 0 Å². The van der Waals surface area contributed by atoms with E-state index in [9.17, 15) is 4.39 Å². The summed E-state index contributed by atoms with van der Waals surface area (Å²) in [4.78, 5) is 0. The summed E-state index contributed by atoms with van der Waals surface area (Å²) in [5.41, 5.74) is 2.01. The first-order valence-corrected chi connectivity index (χ1v) is 5.19. The van der Waals surface area contributed by atoms with Gasteiger partial charge in [-0.3, -0.25) is 0 Å². The Morgan fingerprint density at radius 1 is 1.29 bits per heavy atom. The summed E-state index contributed by atoms with van der Waals surface area (Å²) in [6.07, 6.45) is 2.36. The summed E-state index contributed by atoms with van der Waals surface area (Å²) in [6.45, 7) is 5.84. The molecule has 0 bridgehead atoms. The Morgan fingerprint density at radius 3 is 2.71 bits per heavy atom. The van der Waals surface area contributed by atoms with E-state index in [1.54, 1.807) is 12.1 Å². The van der Waals surface area contributed by atoms with E-state index in [-0.39, 0.29) is 5.82 Å². The van der Waals surface area contributed by atoms with Gasteiger partial charge in [0.05, 0.1) is 0 Å². The van der Waals surface area contributed by atoms with Crippen molar-refractivity contribution in [2.75, 3.05) is 6.54 Å². The fourth-order valence-electron chi connectivity index (χ4n) is 1.45. The third kappa shape index (κ3) is 3.88. The molecule has 1 rings (SSSR count). The predicted octanol–water partition coefficient (Wildman–Crippen LogP) is 3.02. The molecule has 0 saturated heterocycles. The Kier molecular flexibility index (Phi) is 4.60. The van der Waals surface area contributed by atoms with Crippen molar-refractivity contribution in [1.82, 2.24) is 5.32 Å². The van der Waals surface area contributed by atoms with Gasteiger partial charge in [-0.25, -0.2) is 4.39 Å². The summed E-state index contributed by atoms with van der Waals surface area (Å²) < 4.78 is 13.0. The lowest BCUT2D eigenvalue weighted by molar-refractivity contribution is 0.613. The average Bonchev–Trinajstić information content (AvgIpc) is 2.11. The van der Waals surface area contributed by atoms with Crippen molar-refractivity contribution in [2.24, 2.45) is 0 Å². The topological polar surface area (TPSA) is 12.0 Å². The molecule has 0 spiro atoms. The summed E-state index contributed by atoms with van der Waals surface area (Å²) in [7, 11) is 0. The Bertz CT molecular complexity index is 263. The summed E-state index contributed by atoms with van der Waals surface area (Å²) >= 11 is 0. The summed E-state index contributed by atoms with van der Waals surface area (Å²) in [5.74, 6) is -0.141. The second kappa shape index (κ2) is 5.76. The zero-order valence-electron chi connectivity index (χ0n) is 8.94. The smallest absolute Gasteiger partial charge is 0.123 e. The maximum absolute atomic E-state index is 13.0. The quantitative estimate of drug-likeness (QED) is 0.712. The van der Waals surface area contributed by atoms with Crippen LogP contribution in [0.2, 0.25) is 0 Å². The van der Waals surface area contributed by atoms with E-state index in [1.807, 2.05) is 13.0 Å². The number of unbranched alkanes of at least 4 members (excludes halogenated alkanes) is 1. The minimum Gasteiger partial charge on any atom is -0.313 e. The van der Waals surface area contributed by atoms with E-state index in [2.05, 4.69) is 12.2 Å². The highest BCUT2D eigenvalue weighted by Gasteiger charge is 1.97. The van der Waals surface area contributed by atoms with E-state index < -0.39 is 0 Å². The lowest BCUT2D eigenvalue weighted by Crippen LogP contribution is -2.14. The molecule has 2 heteroatoms. The van der Waals surface area contributed by atoms with Crippen molar-refractivity contribution < 1.29 is 4.39 Å². The van der Waals surface area contributed by atoms with Gasteiger partial charge in [0.25, 0.3) is 0 Å². The van der Waals surface area contributed by atoms with Crippen LogP contribution < -0.4 is 5.32 Å². The van der Waals surface area contributed by atoms with Gasteiger partial charge in [0.1, 0.15) is 5.82 Å². The molecule has 14 heavy (non-hydrogen) atoms. The van der Waals surface area contributed by atoms with Crippen LogP contribution >= 0.6 is 0 Å². The van der Waals surface area contributed by atoms with Crippen LogP contribution in [-0.4, -0.2) is 6.54 Å². The molecule has 0 unspecified atom stereocenters. The SMILES string of the molecule is CCCCNCc1cc(C)cc(F)c1. The molecule has 0 aliphatic rings. The third-order valence-corrected chi connectivity index (χ3v) is 2.14. The molecule has 0 aliphatic heterocycles. The van der Waals surface area contributed by atoms with Crippen LogP contribution in [0, 0.1) is 12.7 Å². The largest absolute Gasteiger partial charge is 0.313 e. The van der Waals surface area contributed by atoms with Gasteiger partial charge in [-0.05, 0) is 43.1 Å². The van der Waals surface area contributed by atoms with Crippen LogP contribution in [0.3, 0.4) is 0 Å². The molecule has 0 atom stereocenters. The zero-order valence-corrected chi connectivity index (χ0v) is 8.94. The first-order valence-electron chi connectivity index (χ1n) is 5.19. The van der Waals surface area contributed by atoms with Crippen LogP contribution in [0.15, 0.2) is 18.2 Å². The molecule has 1 aromatic carbocycles. The van der Waals surface area contributed by atoms with Crippen LogP contribution in [0.5, 0.6) is 0 Å². The predicted molar refractivity (Wildman–Crippen MR) is 57.8 cm³/mol. The first kappa shape index (κ1) is 11.2. The van der Waals surface area contributed by atoms with Crippen molar-refractivity contribution >= 4 is 0 Å². The lowest BCUT2D eigenvalue weighted by Gasteiger charge is -2.05. The van der Waals surface area contributed by atoms with E-state index in [1.165, 1.54) is 12.8 Å². The number of hydrogen-bond donors (Lipinski definition) is 1. The van der Waals surface area contributed by atoms with Crippen molar-refractivity contribution in [1.29, 1.82) is 0 Å². The number of aryl methyl sites for hydroxylation is 1. The fourth-order valence-corrected chi connectivity index (χ4v) is 1.45. The molecule has 78 valence electrons. The summed E-state index contributed by atoms with van der Waals surface area (Å²) in [5, 5.41) is 3.29. The van der Waals surface area contributed by atoms with E-state index in [0.29, 0.717) is 0 Å². The molecular weight excluding hydrogens is 177 g/mol. The van der Waals surface area contributed by atoms with Crippen molar-refractivity contribution in [2.45, 2.75) is 33.2 Å². The maximum Gasteiger partial charge on any atom is 0.123 e. The van der Waals surface area contributed by atoms with Crippen LogP contribution in [0.4, 0.5) is 4.39 Å². The van der Waals surface area contributed by atoms with Gasteiger partial charge in [0, 0.05) is 6.54 Å². The first-order chi connectivity index (χ1) is 6.72. The van der Waals surface area contributed by atoms with Gasteiger partial charge in [-0.2, -0.15) is 0 Å². The number of benzene rings is 1. The highest BCUT2D eigenvalue weighted by molar-refractivity contribution is 5.23. The van der Waals surface area contributed by atoms with Gasteiger partial charge < -0.3 is 5.32 Å². The molecule has 0 fully saturated rings. The van der Waals surface area contributed by atoms with Crippen molar-refractivity contribution in [3.05, 3.63) is 35.1 Å². The van der Waals surface area contributed by atoms with Gasteiger partial charge in [-0.1, -0.05) is 19.4 Å². The molecule has 1 nitrogen and oxygen atoms in total. The highest BCUT2D eigenvalue weighted by Crippen LogP contribution is 2.07. The summed E-state index contributed by atoms with van der Waals surface area (Å²) in [6, 6.07) is 5.16. The van der Waals surface area contributed by atoms with E-state index in [4.69, 9.17) is 0 Å². The molecule has 0 amide bonds. The standard InChI is InChI=1S/C12H18FN/c1-3-4-5-14-9-11-6-10(2)7-12(13)8-11/h6-8,14H,3-5,9H2,1-2H3. The molecule has 0 saturated carbocycles. The Labute approximate surface area is 85.3 Å². The van der Waals surface area contributed by atoms with Crippen LogP contribution in [0.1, 0.15) is 30.9 Å². The molecule has 0 aliphatic carbocycles. The van der Waals surface area contributed by atoms with Crippen LogP contribution in [0.25, 0.3) is 0 Å². The second-order valence-corrected chi connectivity index (χ2v) is 3.67. The molecule has 0 radical (unpaired) electrons.